The number of sulfone groups is 1. The van der Waals surface area contributed by atoms with E-state index in [1.165, 1.54) is 6.07 Å². The van der Waals surface area contributed by atoms with E-state index in [4.69, 9.17) is 0 Å². The van der Waals surface area contributed by atoms with E-state index in [1.807, 2.05) is 0 Å². The van der Waals surface area contributed by atoms with Gasteiger partial charge >= 0.3 is 0 Å². The molecular formula is C14H21F2NO3S. The molecule has 1 aromatic rings. The van der Waals surface area contributed by atoms with Crippen LogP contribution in [0.2, 0.25) is 0 Å². The quantitative estimate of drug-likeness (QED) is 0.831. The second-order valence-corrected chi connectivity index (χ2v) is 7.36. The smallest absolute Gasteiger partial charge is 0.148 e. The number of rotatable bonds is 7. The monoisotopic (exact) mass is 321 g/mol. The van der Waals surface area contributed by atoms with Gasteiger partial charge in [-0.25, -0.2) is 17.2 Å². The van der Waals surface area contributed by atoms with E-state index in [-0.39, 0.29) is 23.9 Å². The summed E-state index contributed by atoms with van der Waals surface area (Å²) in [5.41, 5.74) is -0.387. The van der Waals surface area contributed by atoms with Crippen molar-refractivity contribution in [1.29, 1.82) is 0 Å². The summed E-state index contributed by atoms with van der Waals surface area (Å²) in [7, 11) is -3.17. The van der Waals surface area contributed by atoms with Crippen LogP contribution >= 0.6 is 0 Å². The van der Waals surface area contributed by atoms with Crippen molar-refractivity contribution in [2.45, 2.75) is 26.0 Å². The molecule has 21 heavy (non-hydrogen) atoms. The van der Waals surface area contributed by atoms with Gasteiger partial charge in [0.05, 0.1) is 17.4 Å². The normalized spacial score (nSPS) is 15.2. The molecule has 7 heteroatoms. The molecule has 0 saturated heterocycles. The number of halogens is 2. The van der Waals surface area contributed by atoms with Crippen molar-refractivity contribution < 1.29 is 22.3 Å². The second kappa shape index (κ2) is 7.29. The summed E-state index contributed by atoms with van der Waals surface area (Å²) in [4.78, 5) is 1.68. The molecule has 2 atom stereocenters. The Bertz CT molecular complexity index is 557. The largest absolute Gasteiger partial charge is 0.387 e. The Hall–Kier alpha value is -1.05. The van der Waals surface area contributed by atoms with Gasteiger partial charge in [-0.05, 0) is 25.6 Å². The summed E-state index contributed by atoms with van der Waals surface area (Å²) in [6, 6.07) is 3.04. The van der Waals surface area contributed by atoms with E-state index < -0.39 is 27.6 Å². The van der Waals surface area contributed by atoms with Gasteiger partial charge in [-0.1, -0.05) is 13.0 Å². The fraction of sp³-hybridized carbons (Fsp3) is 0.571. The van der Waals surface area contributed by atoms with Crippen molar-refractivity contribution in [3.63, 3.8) is 0 Å². The standard InChI is InChI=1S/C14H21F2NO3S/c1-4-17(10(2)9-21(3,19)20)8-13(18)14-11(15)6-5-7-12(14)16/h5-7,10,13,18H,4,8-9H2,1-3H3. The van der Waals surface area contributed by atoms with Gasteiger partial charge in [0.15, 0.2) is 0 Å². The molecular weight excluding hydrogens is 300 g/mol. The molecule has 1 aromatic carbocycles. The third kappa shape index (κ3) is 5.33. The van der Waals surface area contributed by atoms with Crippen LogP contribution in [0.25, 0.3) is 0 Å². The molecule has 2 unspecified atom stereocenters. The fourth-order valence-corrected chi connectivity index (χ4v) is 3.39. The van der Waals surface area contributed by atoms with Gasteiger partial charge in [-0.15, -0.1) is 0 Å². The minimum Gasteiger partial charge on any atom is -0.387 e. The number of aliphatic hydroxyl groups is 1. The maximum absolute atomic E-state index is 13.6. The highest BCUT2D eigenvalue weighted by Crippen LogP contribution is 2.22. The SMILES string of the molecule is CCN(CC(O)c1c(F)cccc1F)C(C)CS(C)(=O)=O. The lowest BCUT2D eigenvalue weighted by atomic mass is 10.1. The van der Waals surface area contributed by atoms with E-state index in [0.29, 0.717) is 6.54 Å². The van der Waals surface area contributed by atoms with Crippen molar-refractivity contribution in [3.8, 4) is 0 Å². The molecule has 0 bridgehead atoms. The first kappa shape index (κ1) is 18.0. The summed E-state index contributed by atoms with van der Waals surface area (Å²) >= 11 is 0. The maximum atomic E-state index is 13.6. The lowest BCUT2D eigenvalue weighted by Gasteiger charge is -2.29. The van der Waals surface area contributed by atoms with Gasteiger partial charge in [0.1, 0.15) is 21.5 Å². The van der Waals surface area contributed by atoms with Gasteiger partial charge in [-0.2, -0.15) is 0 Å². The van der Waals surface area contributed by atoms with Crippen LogP contribution in [0, 0.1) is 11.6 Å². The van der Waals surface area contributed by atoms with Gasteiger partial charge in [0.2, 0.25) is 0 Å². The highest BCUT2D eigenvalue weighted by atomic mass is 32.2. The molecule has 1 N–H and O–H groups in total. The van der Waals surface area contributed by atoms with Crippen LogP contribution in [0.1, 0.15) is 25.5 Å². The molecule has 0 aromatic heterocycles. The Morgan fingerprint density at radius 2 is 1.81 bits per heavy atom. The molecule has 0 spiro atoms. The van der Waals surface area contributed by atoms with Gasteiger partial charge in [0.25, 0.3) is 0 Å². The third-order valence-electron chi connectivity index (χ3n) is 3.31. The first-order valence-electron chi connectivity index (χ1n) is 6.69. The Morgan fingerprint density at radius 3 is 2.24 bits per heavy atom. The predicted molar refractivity (Wildman–Crippen MR) is 77.7 cm³/mol. The first-order valence-corrected chi connectivity index (χ1v) is 8.75. The van der Waals surface area contributed by atoms with Crippen LogP contribution in [0.3, 0.4) is 0 Å². The lowest BCUT2D eigenvalue weighted by molar-refractivity contribution is 0.0942. The van der Waals surface area contributed by atoms with Crippen LogP contribution in [0.4, 0.5) is 8.78 Å². The summed E-state index contributed by atoms with van der Waals surface area (Å²) in [5.74, 6) is -1.70. The number of nitrogens with zero attached hydrogens (tertiary/aromatic N) is 1. The number of aliphatic hydroxyl groups excluding tert-OH is 1. The van der Waals surface area contributed by atoms with E-state index in [1.54, 1.807) is 18.7 Å². The molecule has 4 nitrogen and oxygen atoms in total. The van der Waals surface area contributed by atoms with Crippen molar-refractivity contribution in [2.75, 3.05) is 25.1 Å². The molecule has 0 aliphatic heterocycles. The zero-order chi connectivity index (χ0) is 16.2. The Labute approximate surface area is 124 Å². The summed E-state index contributed by atoms with van der Waals surface area (Å²) in [6.45, 7) is 3.92. The van der Waals surface area contributed by atoms with Crippen LogP contribution in [0.15, 0.2) is 18.2 Å². The summed E-state index contributed by atoms with van der Waals surface area (Å²) in [5, 5.41) is 10.1. The molecule has 0 aliphatic carbocycles. The molecule has 0 amide bonds. The molecule has 0 saturated carbocycles. The van der Waals surface area contributed by atoms with Crippen molar-refractivity contribution in [1.82, 2.24) is 4.90 Å². The Balaban J connectivity index is 2.86. The fourth-order valence-electron chi connectivity index (χ4n) is 2.31. The summed E-state index contributed by atoms with van der Waals surface area (Å²) in [6.07, 6.45) is -0.224. The van der Waals surface area contributed by atoms with Gasteiger partial charge < -0.3 is 5.11 Å². The van der Waals surface area contributed by atoms with Crippen molar-refractivity contribution in [3.05, 3.63) is 35.4 Å². The molecule has 1 rings (SSSR count). The lowest BCUT2D eigenvalue weighted by Crippen LogP contribution is -2.40. The minimum atomic E-state index is -3.17. The van der Waals surface area contributed by atoms with E-state index >= 15 is 0 Å². The number of benzene rings is 1. The average Bonchev–Trinajstić information content (AvgIpc) is 2.33. The Kier molecular flexibility index (Phi) is 6.24. The number of hydrogen-bond donors (Lipinski definition) is 1. The minimum absolute atomic E-state index is 0.0367. The molecule has 0 fully saturated rings. The molecule has 120 valence electrons. The summed E-state index contributed by atoms with van der Waals surface area (Å²) < 4.78 is 49.9. The Morgan fingerprint density at radius 1 is 1.29 bits per heavy atom. The zero-order valence-electron chi connectivity index (χ0n) is 12.4. The highest BCUT2D eigenvalue weighted by Gasteiger charge is 2.24. The predicted octanol–water partition coefficient (Wildman–Crippen LogP) is 1.75. The van der Waals surface area contributed by atoms with Crippen molar-refractivity contribution >= 4 is 9.84 Å². The van der Waals surface area contributed by atoms with E-state index in [2.05, 4.69) is 0 Å². The first-order chi connectivity index (χ1) is 9.65. The molecule has 0 radical (unpaired) electrons. The highest BCUT2D eigenvalue weighted by molar-refractivity contribution is 7.90. The van der Waals surface area contributed by atoms with E-state index in [0.717, 1.165) is 18.4 Å². The van der Waals surface area contributed by atoms with Crippen LogP contribution in [0.5, 0.6) is 0 Å². The zero-order valence-corrected chi connectivity index (χ0v) is 13.2. The van der Waals surface area contributed by atoms with Crippen LogP contribution in [-0.4, -0.2) is 49.6 Å². The number of hydrogen-bond acceptors (Lipinski definition) is 4. The van der Waals surface area contributed by atoms with Crippen LogP contribution in [-0.2, 0) is 9.84 Å². The van der Waals surface area contributed by atoms with Gasteiger partial charge in [0, 0.05) is 18.8 Å². The third-order valence-corrected chi connectivity index (χ3v) is 4.40. The molecule has 0 heterocycles. The van der Waals surface area contributed by atoms with Crippen LogP contribution < -0.4 is 0 Å². The topological polar surface area (TPSA) is 57.6 Å². The van der Waals surface area contributed by atoms with Crippen molar-refractivity contribution in [2.24, 2.45) is 0 Å². The van der Waals surface area contributed by atoms with E-state index in [9.17, 15) is 22.3 Å². The average molecular weight is 321 g/mol. The van der Waals surface area contributed by atoms with Gasteiger partial charge in [-0.3, -0.25) is 4.90 Å². The maximum Gasteiger partial charge on any atom is 0.148 e. The molecule has 0 aliphatic rings. The second-order valence-electron chi connectivity index (χ2n) is 5.18. The number of likely N-dealkylation sites (N-methyl/N-ethyl adjacent to an activating group) is 1.